The number of hydrogen-bond acceptors (Lipinski definition) is 14. The van der Waals surface area contributed by atoms with Gasteiger partial charge in [-0.2, -0.15) is 10.2 Å². The van der Waals surface area contributed by atoms with E-state index < -0.39 is 10.8 Å². The first-order valence-corrected chi connectivity index (χ1v) is 28.8. The second-order valence-electron chi connectivity index (χ2n) is 19.5. The van der Waals surface area contributed by atoms with Gasteiger partial charge in [0.15, 0.2) is 5.69 Å². The molecule has 9 heterocycles. The minimum absolute atomic E-state index is 0.0135. The molecule has 74 heavy (non-hydrogen) atoms. The number of likely N-dealkylation sites (tertiary alicyclic amines) is 1. The van der Waals surface area contributed by atoms with E-state index in [0.717, 1.165) is 114 Å². The number of fused-ring (bicyclic) bond motifs is 6. The first-order valence-electron chi connectivity index (χ1n) is 26.5. The summed E-state index contributed by atoms with van der Waals surface area (Å²) in [5.41, 5.74) is 8.35. The molecule has 2 aromatic heterocycles. The van der Waals surface area contributed by atoms with Crippen LogP contribution in [-0.4, -0.2) is 181 Å². The SMILES string of the molecule is C1CCN(C2CCCOC2)CC1.CCCOc1ccc2c(c1)S(=O)Cc1c(C(=O)N3CCOCC3)nn(-c3ccc(CN4CCOCC4)cc3)c1-2.COc1ccc2c(c1)SCc1c-2n[nH]c1C(=O)N1CCOCC1. The maximum atomic E-state index is 13.6. The van der Waals surface area contributed by atoms with Gasteiger partial charge in [0.25, 0.3) is 11.8 Å². The number of amides is 2. The van der Waals surface area contributed by atoms with Crippen molar-refractivity contribution in [1.29, 1.82) is 0 Å². The Morgan fingerprint density at radius 3 is 2.14 bits per heavy atom. The monoisotopic (exact) mass is 1050 g/mol. The Hall–Kier alpha value is -5.12. The molecule has 0 bridgehead atoms. The largest absolute Gasteiger partial charge is 0.497 e. The van der Waals surface area contributed by atoms with Crippen LogP contribution in [0.3, 0.4) is 0 Å². The number of nitrogens with one attached hydrogen (secondary N) is 1. The van der Waals surface area contributed by atoms with Crippen molar-refractivity contribution in [3.8, 4) is 39.7 Å². The molecule has 3 aromatic carbocycles. The molecule has 1 N–H and O–H groups in total. The van der Waals surface area contributed by atoms with Crippen LogP contribution in [0.2, 0.25) is 0 Å². The van der Waals surface area contributed by atoms with Crippen LogP contribution in [-0.2, 0) is 47.8 Å². The summed E-state index contributed by atoms with van der Waals surface area (Å²) in [5, 5.41) is 12.2. The Morgan fingerprint density at radius 2 is 1.45 bits per heavy atom. The highest BCUT2D eigenvalue weighted by atomic mass is 32.2. The van der Waals surface area contributed by atoms with Gasteiger partial charge in [-0.25, -0.2) is 4.68 Å². The van der Waals surface area contributed by atoms with E-state index in [1.165, 1.54) is 50.8 Å². The lowest BCUT2D eigenvalue weighted by Crippen LogP contribution is -2.43. The predicted molar refractivity (Wildman–Crippen MR) is 284 cm³/mol. The molecule has 12 rings (SSSR count). The van der Waals surface area contributed by atoms with E-state index in [-0.39, 0.29) is 17.6 Å². The number of carbonyl (C=O) groups is 2. The summed E-state index contributed by atoms with van der Waals surface area (Å²) in [6.45, 7) is 16.0. The molecule has 17 nitrogen and oxygen atoms in total. The van der Waals surface area contributed by atoms with E-state index in [0.29, 0.717) is 81.2 Å². The topological polar surface area (TPSA) is 166 Å². The Balaban J connectivity index is 0.000000149. The lowest BCUT2D eigenvalue weighted by molar-refractivity contribution is 0.0110. The lowest BCUT2D eigenvalue weighted by atomic mass is 10.0. The molecular formula is C55H70N8O9S2. The summed E-state index contributed by atoms with van der Waals surface area (Å²) in [6, 6.07) is 20.8. The van der Waals surface area contributed by atoms with Gasteiger partial charge < -0.3 is 38.2 Å². The second kappa shape index (κ2) is 25.1. The van der Waals surface area contributed by atoms with Crippen LogP contribution < -0.4 is 9.47 Å². The highest BCUT2D eigenvalue weighted by Gasteiger charge is 2.35. The van der Waals surface area contributed by atoms with Crippen molar-refractivity contribution < 1.29 is 42.2 Å². The number of morpholine rings is 3. The number of hydrogen-bond donors (Lipinski definition) is 1. The first-order chi connectivity index (χ1) is 36.4. The third-order valence-electron chi connectivity index (χ3n) is 14.6. The third kappa shape index (κ3) is 12.1. The number of aromatic amines is 1. The average molecular weight is 1050 g/mol. The molecule has 5 aromatic rings. The van der Waals surface area contributed by atoms with Crippen LogP contribution in [0.5, 0.6) is 11.5 Å². The molecule has 0 aliphatic carbocycles. The van der Waals surface area contributed by atoms with Gasteiger partial charge in [0.05, 0.1) is 98.5 Å². The summed E-state index contributed by atoms with van der Waals surface area (Å²) in [6.07, 6.45) is 7.75. The number of carbonyl (C=O) groups excluding carboxylic acids is 2. The quantitative estimate of drug-likeness (QED) is 0.151. The van der Waals surface area contributed by atoms with Crippen LogP contribution >= 0.6 is 11.8 Å². The molecular weight excluding hydrogens is 981 g/mol. The van der Waals surface area contributed by atoms with Crippen LogP contribution in [0.25, 0.3) is 28.2 Å². The van der Waals surface area contributed by atoms with Gasteiger partial charge in [-0.1, -0.05) is 25.5 Å². The van der Waals surface area contributed by atoms with Gasteiger partial charge in [0, 0.05) is 91.4 Å². The maximum absolute atomic E-state index is 13.6. The minimum atomic E-state index is -1.32. The van der Waals surface area contributed by atoms with E-state index in [9.17, 15) is 13.8 Å². The Morgan fingerprint density at radius 1 is 0.757 bits per heavy atom. The standard InChI is InChI=1S/C29H34N4O5S.C16H17N3O3S.C10H19NO/c1-2-13-38-23-7-8-24-26(18-23)39(35)20-25-27(29(34)32-11-16-37-17-12-32)30-33(28(24)25)22-5-3-21(4-6-22)19-31-9-14-36-15-10-31;1-21-10-2-3-11-13(8-10)23-9-12-14(11)17-18-15(12)16(20)19-4-6-22-7-5-19;1-2-6-11(7-3-1)10-5-4-8-12-9-10/h3-8,18H,2,9-17,19-20H2,1H3;2-3,8H,4-7,9H2,1H3,(H,17,18);10H,1-9H2. The zero-order chi connectivity index (χ0) is 50.8. The van der Waals surface area contributed by atoms with Gasteiger partial charge in [-0.3, -0.25) is 28.7 Å². The number of ether oxygens (including phenoxy) is 6. The molecule has 0 radical (unpaired) electrons. The van der Waals surface area contributed by atoms with Crippen molar-refractivity contribution in [3.05, 3.63) is 88.7 Å². The molecule has 0 spiro atoms. The van der Waals surface area contributed by atoms with Crippen LogP contribution in [0.4, 0.5) is 0 Å². The summed E-state index contributed by atoms with van der Waals surface area (Å²) < 4.78 is 48.2. The van der Waals surface area contributed by atoms with Gasteiger partial charge in [0.2, 0.25) is 0 Å². The highest BCUT2D eigenvalue weighted by Crippen LogP contribution is 2.44. The summed E-state index contributed by atoms with van der Waals surface area (Å²) >= 11 is 1.71. The Kier molecular flexibility index (Phi) is 17.8. The molecule has 2 unspecified atom stereocenters. The Bertz CT molecular complexity index is 2700. The van der Waals surface area contributed by atoms with Crippen LogP contribution in [0, 0.1) is 0 Å². The number of nitrogens with zero attached hydrogens (tertiary/aromatic N) is 7. The number of aromatic nitrogens is 4. The number of piperidine rings is 1. The van der Waals surface area contributed by atoms with Gasteiger partial charge in [-0.05, 0) is 99.3 Å². The van der Waals surface area contributed by atoms with Gasteiger partial charge in [-0.15, -0.1) is 11.8 Å². The van der Waals surface area contributed by atoms with Crippen molar-refractivity contribution in [1.82, 2.24) is 39.6 Å². The molecule has 2 atom stereocenters. The molecule has 5 saturated heterocycles. The Labute approximate surface area is 440 Å². The van der Waals surface area contributed by atoms with Gasteiger partial charge in [0.1, 0.15) is 17.2 Å². The van der Waals surface area contributed by atoms with Crippen molar-refractivity contribution in [2.45, 2.75) is 79.3 Å². The van der Waals surface area contributed by atoms with E-state index in [2.05, 4.69) is 51.2 Å². The number of methoxy groups -OCH3 is 1. The van der Waals surface area contributed by atoms with Crippen molar-refractivity contribution in [3.63, 3.8) is 0 Å². The summed E-state index contributed by atoms with van der Waals surface area (Å²) in [4.78, 5) is 36.8. The zero-order valence-electron chi connectivity index (χ0n) is 42.9. The fraction of sp³-hybridized carbons (Fsp3) is 0.527. The van der Waals surface area contributed by atoms with Crippen molar-refractivity contribution >= 4 is 34.4 Å². The molecule has 5 fully saturated rings. The maximum Gasteiger partial charge on any atom is 0.274 e. The number of rotatable bonds is 10. The summed E-state index contributed by atoms with van der Waals surface area (Å²) in [7, 11) is 0.341. The van der Waals surface area contributed by atoms with E-state index in [1.807, 2.05) is 46.0 Å². The number of thioether (sulfide) groups is 1. The van der Waals surface area contributed by atoms with Gasteiger partial charge >= 0.3 is 0 Å². The molecule has 7 aliphatic heterocycles. The number of H-pyrrole nitrogens is 1. The van der Waals surface area contributed by atoms with Crippen molar-refractivity contribution in [2.24, 2.45) is 0 Å². The molecule has 19 heteroatoms. The van der Waals surface area contributed by atoms with E-state index >= 15 is 0 Å². The van der Waals surface area contributed by atoms with E-state index in [1.54, 1.807) is 23.8 Å². The average Bonchev–Trinajstić information content (AvgIpc) is 4.09. The molecule has 0 saturated carbocycles. The minimum Gasteiger partial charge on any atom is -0.497 e. The lowest BCUT2D eigenvalue weighted by Gasteiger charge is -2.36. The zero-order valence-corrected chi connectivity index (χ0v) is 44.5. The highest BCUT2D eigenvalue weighted by molar-refractivity contribution is 7.98. The second-order valence-corrected chi connectivity index (χ2v) is 21.9. The van der Waals surface area contributed by atoms with Crippen molar-refractivity contribution in [2.75, 3.05) is 119 Å². The normalized spacial score (nSPS) is 20.8. The number of benzene rings is 3. The predicted octanol–water partition coefficient (Wildman–Crippen LogP) is 7.07. The fourth-order valence-corrected chi connectivity index (χ4v) is 13.0. The molecule has 7 aliphatic rings. The first kappa shape index (κ1) is 52.3. The van der Waals surface area contributed by atoms with Crippen LogP contribution in [0.1, 0.15) is 83.1 Å². The molecule has 2 amide bonds. The van der Waals surface area contributed by atoms with E-state index in [4.69, 9.17) is 33.5 Å². The molecule has 396 valence electrons. The summed E-state index contributed by atoms with van der Waals surface area (Å²) in [5.74, 6) is 2.38. The van der Waals surface area contributed by atoms with Crippen LogP contribution in [0.15, 0.2) is 70.5 Å². The smallest absolute Gasteiger partial charge is 0.274 e. The fourth-order valence-electron chi connectivity index (χ4n) is 10.5. The third-order valence-corrected chi connectivity index (χ3v) is 17.1.